The number of aromatic amines is 1. The highest BCUT2D eigenvalue weighted by atomic mass is 32.2. The summed E-state index contributed by atoms with van der Waals surface area (Å²) in [6, 6.07) is 7.42. The summed E-state index contributed by atoms with van der Waals surface area (Å²) in [6.07, 6.45) is 5.96. The predicted octanol–water partition coefficient (Wildman–Crippen LogP) is 3.70. The average molecular weight is 477 g/mol. The number of benzene rings is 1. The molecule has 5 aromatic rings. The van der Waals surface area contributed by atoms with Gasteiger partial charge in [0, 0.05) is 11.4 Å². The van der Waals surface area contributed by atoms with Gasteiger partial charge in [-0.05, 0) is 43.4 Å². The largest absolute Gasteiger partial charge is 0.309 e. The fraction of sp³-hybridized carbons (Fsp3) is 0.261. The van der Waals surface area contributed by atoms with Gasteiger partial charge in [-0.1, -0.05) is 30.0 Å². The molecule has 0 saturated carbocycles. The minimum Gasteiger partial charge on any atom is -0.309 e. The monoisotopic (exact) mass is 476 g/mol. The Balaban J connectivity index is 1.42. The van der Waals surface area contributed by atoms with E-state index in [1.807, 2.05) is 22.6 Å². The van der Waals surface area contributed by atoms with Crippen LogP contribution >= 0.6 is 23.1 Å². The molecule has 1 aliphatic carbocycles. The van der Waals surface area contributed by atoms with Crippen molar-refractivity contribution >= 4 is 50.0 Å². The SMILES string of the molecule is C=CCn1c(=O)c2ccccc2n2c(SCc3nc4sc5c(c4c(=O)[nH]3)CCCC5)nnc12. The normalized spacial score (nSPS) is 13.7. The average Bonchev–Trinajstić information content (AvgIpc) is 3.42. The van der Waals surface area contributed by atoms with Crippen LogP contribution in [0.1, 0.15) is 29.1 Å². The fourth-order valence-electron chi connectivity index (χ4n) is 4.53. The molecule has 1 N–H and O–H groups in total. The molecule has 0 amide bonds. The van der Waals surface area contributed by atoms with Gasteiger partial charge in [-0.25, -0.2) is 4.98 Å². The molecule has 4 aromatic heterocycles. The van der Waals surface area contributed by atoms with Crippen LogP contribution < -0.4 is 11.1 Å². The number of thioether (sulfide) groups is 1. The Morgan fingerprint density at radius 3 is 2.91 bits per heavy atom. The van der Waals surface area contributed by atoms with Crippen LogP contribution in [-0.2, 0) is 25.1 Å². The molecule has 1 aliphatic rings. The lowest BCUT2D eigenvalue weighted by Crippen LogP contribution is -2.22. The summed E-state index contributed by atoms with van der Waals surface area (Å²) in [7, 11) is 0. The Hall–Kier alpha value is -3.24. The second-order valence-electron chi connectivity index (χ2n) is 8.03. The molecular weight excluding hydrogens is 456 g/mol. The zero-order valence-electron chi connectivity index (χ0n) is 17.7. The topological polar surface area (TPSA) is 97.9 Å². The molecule has 0 fully saturated rings. The molecule has 166 valence electrons. The molecule has 0 saturated heterocycles. The number of aryl methyl sites for hydroxylation is 2. The number of fused-ring (bicyclic) bond motifs is 6. The van der Waals surface area contributed by atoms with E-state index in [0.29, 0.717) is 34.4 Å². The number of thiophene rings is 1. The third-order valence-electron chi connectivity index (χ3n) is 6.00. The molecule has 0 atom stereocenters. The minimum absolute atomic E-state index is 0.0635. The van der Waals surface area contributed by atoms with Crippen LogP contribution in [0.3, 0.4) is 0 Å². The Kier molecular flexibility index (Phi) is 4.92. The van der Waals surface area contributed by atoms with Crippen molar-refractivity contribution in [1.82, 2.24) is 29.1 Å². The predicted molar refractivity (Wildman–Crippen MR) is 131 cm³/mol. The lowest BCUT2D eigenvalue weighted by molar-refractivity contribution is 0.700. The molecule has 4 heterocycles. The summed E-state index contributed by atoms with van der Waals surface area (Å²) < 4.78 is 3.44. The molecule has 0 spiro atoms. The van der Waals surface area contributed by atoms with Crippen molar-refractivity contribution < 1.29 is 0 Å². The molecule has 0 aliphatic heterocycles. The maximum atomic E-state index is 12.9. The van der Waals surface area contributed by atoms with Crippen LogP contribution in [0.15, 0.2) is 51.7 Å². The maximum Gasteiger partial charge on any atom is 0.263 e. The Morgan fingerprint density at radius 2 is 2.03 bits per heavy atom. The summed E-state index contributed by atoms with van der Waals surface area (Å²) >= 11 is 3.07. The van der Waals surface area contributed by atoms with E-state index < -0.39 is 0 Å². The summed E-state index contributed by atoms with van der Waals surface area (Å²) in [4.78, 5) is 35.6. The van der Waals surface area contributed by atoms with Gasteiger partial charge >= 0.3 is 0 Å². The molecule has 1 aromatic carbocycles. The summed E-state index contributed by atoms with van der Waals surface area (Å²) in [5.74, 6) is 1.50. The third-order valence-corrected chi connectivity index (χ3v) is 8.13. The smallest absolute Gasteiger partial charge is 0.263 e. The van der Waals surface area contributed by atoms with Crippen LogP contribution in [0, 0.1) is 0 Å². The van der Waals surface area contributed by atoms with Gasteiger partial charge in [-0.2, -0.15) is 0 Å². The van der Waals surface area contributed by atoms with Crippen molar-refractivity contribution in [2.75, 3.05) is 0 Å². The number of hydrogen-bond acceptors (Lipinski definition) is 7. The van der Waals surface area contributed by atoms with Crippen molar-refractivity contribution in [3.05, 3.63) is 73.9 Å². The van der Waals surface area contributed by atoms with Crippen LogP contribution in [0.25, 0.3) is 26.9 Å². The number of aromatic nitrogens is 6. The molecular formula is C23H20N6O2S2. The van der Waals surface area contributed by atoms with Crippen molar-refractivity contribution in [2.45, 2.75) is 43.1 Å². The van der Waals surface area contributed by atoms with Gasteiger partial charge in [0.15, 0.2) is 5.16 Å². The quantitative estimate of drug-likeness (QED) is 0.307. The highest BCUT2D eigenvalue weighted by molar-refractivity contribution is 7.98. The van der Waals surface area contributed by atoms with Crippen LogP contribution in [0.4, 0.5) is 0 Å². The first-order valence-corrected chi connectivity index (χ1v) is 12.6. The zero-order chi connectivity index (χ0) is 22.5. The van der Waals surface area contributed by atoms with Gasteiger partial charge in [-0.15, -0.1) is 28.1 Å². The zero-order valence-corrected chi connectivity index (χ0v) is 19.3. The summed E-state index contributed by atoms with van der Waals surface area (Å²) in [5.41, 5.74) is 1.74. The van der Waals surface area contributed by atoms with E-state index in [4.69, 9.17) is 4.98 Å². The van der Waals surface area contributed by atoms with E-state index >= 15 is 0 Å². The maximum absolute atomic E-state index is 12.9. The van der Waals surface area contributed by atoms with Crippen LogP contribution in [0.2, 0.25) is 0 Å². The lowest BCUT2D eigenvalue weighted by Gasteiger charge is -2.10. The van der Waals surface area contributed by atoms with Gasteiger partial charge in [0.1, 0.15) is 10.7 Å². The molecule has 10 heteroatoms. The van der Waals surface area contributed by atoms with E-state index in [-0.39, 0.29) is 11.1 Å². The number of para-hydroxylation sites is 1. The van der Waals surface area contributed by atoms with Gasteiger partial charge < -0.3 is 4.98 Å². The van der Waals surface area contributed by atoms with Crippen molar-refractivity contribution in [3.63, 3.8) is 0 Å². The number of nitrogens with one attached hydrogen (secondary N) is 1. The highest BCUT2D eigenvalue weighted by Crippen LogP contribution is 2.34. The Bertz CT molecular complexity index is 1680. The lowest BCUT2D eigenvalue weighted by atomic mass is 9.97. The third kappa shape index (κ3) is 3.24. The molecule has 0 unspecified atom stereocenters. The van der Waals surface area contributed by atoms with Gasteiger partial charge in [0.05, 0.1) is 22.0 Å². The molecule has 0 bridgehead atoms. The molecule has 33 heavy (non-hydrogen) atoms. The summed E-state index contributed by atoms with van der Waals surface area (Å²) in [6.45, 7) is 4.10. The van der Waals surface area contributed by atoms with Crippen LogP contribution in [0.5, 0.6) is 0 Å². The van der Waals surface area contributed by atoms with E-state index in [9.17, 15) is 9.59 Å². The van der Waals surface area contributed by atoms with E-state index in [1.54, 1.807) is 28.0 Å². The molecule has 0 radical (unpaired) electrons. The number of nitrogens with zero attached hydrogens (tertiary/aromatic N) is 5. The van der Waals surface area contributed by atoms with Crippen molar-refractivity contribution in [3.8, 4) is 0 Å². The van der Waals surface area contributed by atoms with Crippen molar-refractivity contribution in [2.24, 2.45) is 0 Å². The number of rotatable bonds is 5. The van der Waals surface area contributed by atoms with Gasteiger partial charge in [0.2, 0.25) is 5.78 Å². The second kappa shape index (κ2) is 7.96. The highest BCUT2D eigenvalue weighted by Gasteiger charge is 2.21. The van der Waals surface area contributed by atoms with Gasteiger partial charge in [-0.3, -0.25) is 18.6 Å². The minimum atomic E-state index is -0.125. The standard InChI is InChI=1S/C23H20N6O2S2/c1-2-11-28-21(31)13-7-3-5-9-15(13)29-22(28)26-27-23(29)32-12-17-24-19(30)18-14-8-4-6-10-16(14)33-20(18)25-17/h2-3,5,7,9H,1,4,6,8,10-12H2,(H,24,25,30). The van der Waals surface area contributed by atoms with E-state index in [0.717, 1.165) is 35.0 Å². The number of H-pyrrole nitrogens is 1. The molecule has 8 nitrogen and oxygen atoms in total. The summed E-state index contributed by atoms with van der Waals surface area (Å²) in [5, 5.41) is 10.6. The molecule has 6 rings (SSSR count). The fourth-order valence-corrected chi connectivity index (χ4v) is 6.62. The second-order valence-corrected chi connectivity index (χ2v) is 10.1. The number of allylic oxidation sites excluding steroid dienone is 1. The van der Waals surface area contributed by atoms with Gasteiger partial charge in [0.25, 0.3) is 11.1 Å². The first-order valence-electron chi connectivity index (χ1n) is 10.8. The Morgan fingerprint density at radius 1 is 1.18 bits per heavy atom. The van der Waals surface area contributed by atoms with Crippen molar-refractivity contribution in [1.29, 1.82) is 0 Å². The number of hydrogen-bond donors (Lipinski definition) is 1. The van der Waals surface area contributed by atoms with E-state index in [1.165, 1.54) is 28.6 Å². The van der Waals surface area contributed by atoms with E-state index in [2.05, 4.69) is 21.8 Å². The Labute approximate surface area is 196 Å². The first-order chi connectivity index (χ1) is 16.2. The van der Waals surface area contributed by atoms with Crippen LogP contribution in [-0.4, -0.2) is 29.1 Å². The first kappa shape index (κ1) is 20.4.